The lowest BCUT2D eigenvalue weighted by atomic mass is 10.0. The van der Waals surface area contributed by atoms with Crippen molar-refractivity contribution < 1.29 is 32.5 Å². The van der Waals surface area contributed by atoms with E-state index in [1.54, 1.807) is 53.8 Å². The Balaban J connectivity index is 1.25. The van der Waals surface area contributed by atoms with Crippen LogP contribution in [0, 0.1) is 17.6 Å². The summed E-state index contributed by atoms with van der Waals surface area (Å²) in [6.45, 7) is 3.44. The highest BCUT2D eigenvalue weighted by Crippen LogP contribution is 2.33. The average Bonchev–Trinajstić information content (AvgIpc) is 3.64. The summed E-state index contributed by atoms with van der Waals surface area (Å²) in [6, 6.07) is 11.0. The van der Waals surface area contributed by atoms with Crippen LogP contribution in [0.4, 0.5) is 25.0 Å². The van der Waals surface area contributed by atoms with E-state index in [1.165, 1.54) is 35.1 Å². The maximum atomic E-state index is 15.3. The van der Waals surface area contributed by atoms with Gasteiger partial charge in [0, 0.05) is 36.8 Å². The second kappa shape index (κ2) is 11.2. The Labute approximate surface area is 249 Å². The molecule has 0 spiro atoms. The first-order valence-corrected chi connectivity index (χ1v) is 13.6. The second-order valence-corrected chi connectivity index (χ2v) is 10.5. The lowest BCUT2D eigenvalue weighted by Gasteiger charge is -2.24. The van der Waals surface area contributed by atoms with E-state index >= 15 is 4.39 Å². The molecule has 222 valence electrons. The molecule has 4 heterocycles. The highest BCUT2D eigenvalue weighted by molar-refractivity contribution is 6.28. The number of hydrogen-bond acceptors (Lipinski definition) is 6. The standard InChI is InChI=1S/C31H25F2N7O4/c1-18(2)38-15-23(30(42)40(31(38)43)22-7-4-20(32)5-8-22)29(41)36-21-6-9-27(24(33)13-21)44-28-12-19(25-16-37(3)17-34-25)14-39-26(28)10-11-35-39/h4-18,23H,1-3H3/p+1. The number of ether oxygens (including phenoxy) is 1. The highest BCUT2D eigenvalue weighted by atomic mass is 19.1. The van der Waals surface area contributed by atoms with Gasteiger partial charge in [-0.1, -0.05) is 0 Å². The lowest BCUT2D eigenvalue weighted by Crippen LogP contribution is -2.55. The summed E-state index contributed by atoms with van der Waals surface area (Å²) in [5.41, 5.74) is 2.17. The molecule has 2 aromatic carbocycles. The van der Waals surface area contributed by atoms with Gasteiger partial charge in [0.25, 0.3) is 0 Å². The molecule has 3 aromatic heterocycles. The van der Waals surface area contributed by atoms with Crippen LogP contribution in [0.1, 0.15) is 13.8 Å². The molecule has 1 unspecified atom stereocenters. The van der Waals surface area contributed by atoms with E-state index in [9.17, 15) is 18.8 Å². The first-order valence-electron chi connectivity index (χ1n) is 13.6. The van der Waals surface area contributed by atoms with Crippen molar-refractivity contribution in [2.45, 2.75) is 19.9 Å². The molecule has 5 aromatic rings. The minimum Gasteiger partial charge on any atom is -0.452 e. The fraction of sp³-hybridized carbons (Fsp3) is 0.161. The van der Waals surface area contributed by atoms with Gasteiger partial charge in [-0.25, -0.2) is 23.1 Å². The Kier molecular flexibility index (Phi) is 7.21. The van der Waals surface area contributed by atoms with Crippen LogP contribution in [0.5, 0.6) is 11.5 Å². The van der Waals surface area contributed by atoms with Gasteiger partial charge in [-0.05, 0) is 62.4 Å². The van der Waals surface area contributed by atoms with E-state index in [0.29, 0.717) is 22.5 Å². The maximum absolute atomic E-state index is 15.3. The zero-order chi connectivity index (χ0) is 31.1. The lowest BCUT2D eigenvalue weighted by molar-refractivity contribution is -0.459. The largest absolute Gasteiger partial charge is 0.505 e. The summed E-state index contributed by atoms with van der Waals surface area (Å²) in [5.74, 6) is -4.10. The number of fused-ring (bicyclic) bond motifs is 1. The van der Waals surface area contributed by atoms with Crippen molar-refractivity contribution in [1.29, 1.82) is 0 Å². The molecule has 44 heavy (non-hydrogen) atoms. The molecule has 0 saturated heterocycles. The number of anilines is 2. The molecule has 0 radical (unpaired) electrons. The van der Waals surface area contributed by atoms with Crippen molar-refractivity contribution >= 4 is 41.0 Å². The number of urea groups is 1. The number of nitrogens with zero attached hydrogens (tertiary/aromatic N) is 6. The van der Waals surface area contributed by atoms with Gasteiger partial charge in [-0.2, -0.15) is 14.5 Å². The molecule has 0 aliphatic carbocycles. The van der Waals surface area contributed by atoms with E-state index in [0.717, 1.165) is 23.1 Å². The minimum atomic E-state index is -1.41. The third-order valence-electron chi connectivity index (χ3n) is 7.02. The molecule has 4 amide bonds. The van der Waals surface area contributed by atoms with Crippen molar-refractivity contribution in [1.82, 2.24) is 19.2 Å². The van der Waals surface area contributed by atoms with Crippen LogP contribution in [0.15, 0.2) is 79.5 Å². The van der Waals surface area contributed by atoms with Crippen LogP contribution in [-0.2, 0) is 16.6 Å². The van der Waals surface area contributed by atoms with Crippen molar-refractivity contribution in [3.63, 3.8) is 0 Å². The first-order chi connectivity index (χ1) is 21.1. The summed E-state index contributed by atoms with van der Waals surface area (Å²) in [6.07, 6.45) is 8.11. The molecule has 0 fully saturated rings. The summed E-state index contributed by atoms with van der Waals surface area (Å²) in [7, 11) is 1.85. The monoisotopic (exact) mass is 598 g/mol. The van der Waals surface area contributed by atoms with Gasteiger partial charge in [0.05, 0.1) is 30.5 Å². The number of hydrogen-bond donors (Lipinski definition) is 1. The van der Waals surface area contributed by atoms with Gasteiger partial charge in [-0.15, -0.1) is 4.90 Å². The first kappa shape index (κ1) is 28.4. The number of nitrogens with one attached hydrogen (secondary N) is 1. The van der Waals surface area contributed by atoms with Crippen molar-refractivity contribution in [2.24, 2.45) is 13.0 Å². The number of halogens is 2. The van der Waals surface area contributed by atoms with Gasteiger partial charge in [0.1, 0.15) is 17.0 Å². The molecular formula is C31H26F2N7O4+. The number of aromatic nitrogens is 4. The van der Waals surface area contributed by atoms with Gasteiger partial charge < -0.3 is 14.6 Å². The molecule has 1 aliphatic heterocycles. The van der Waals surface area contributed by atoms with Crippen molar-refractivity contribution in [3.05, 3.63) is 91.1 Å². The smallest absolute Gasteiger partial charge is 0.452 e. The zero-order valence-corrected chi connectivity index (χ0v) is 23.8. The number of amides is 4. The van der Waals surface area contributed by atoms with Crippen LogP contribution in [0.25, 0.3) is 16.8 Å². The quantitative estimate of drug-likeness (QED) is 0.208. The zero-order valence-electron chi connectivity index (χ0n) is 23.8. The summed E-state index contributed by atoms with van der Waals surface area (Å²) >= 11 is 0. The Morgan fingerprint density at radius 1 is 1.02 bits per heavy atom. The number of rotatable bonds is 7. The molecule has 6 rings (SSSR count). The Bertz CT molecular complexity index is 1960. The molecule has 1 aliphatic rings. The molecule has 1 atom stereocenters. The van der Waals surface area contributed by atoms with E-state index in [1.807, 2.05) is 13.2 Å². The van der Waals surface area contributed by atoms with Gasteiger partial charge >= 0.3 is 11.9 Å². The summed E-state index contributed by atoms with van der Waals surface area (Å²) in [4.78, 5) is 44.9. The van der Waals surface area contributed by atoms with Gasteiger partial charge in [0.2, 0.25) is 5.91 Å². The maximum Gasteiger partial charge on any atom is 0.505 e. The van der Waals surface area contributed by atoms with Crippen LogP contribution >= 0.6 is 0 Å². The van der Waals surface area contributed by atoms with Crippen molar-refractivity contribution in [2.75, 3.05) is 10.2 Å². The molecule has 11 nitrogen and oxygen atoms in total. The normalized spacial score (nSPS) is 15.2. The molecule has 0 bridgehead atoms. The summed E-state index contributed by atoms with van der Waals surface area (Å²) in [5, 5.41) is 6.82. The fourth-order valence-corrected chi connectivity index (χ4v) is 4.82. The predicted octanol–water partition coefficient (Wildman–Crippen LogP) is 5.02. The van der Waals surface area contributed by atoms with Gasteiger partial charge in [0.15, 0.2) is 23.2 Å². The van der Waals surface area contributed by atoms with Crippen LogP contribution in [0.2, 0.25) is 0 Å². The van der Waals surface area contributed by atoms with E-state index < -0.39 is 35.4 Å². The molecule has 1 N–H and O–H groups in total. The third kappa shape index (κ3) is 5.30. The topological polar surface area (TPSA) is 114 Å². The number of aryl methyl sites for hydroxylation is 1. The SMILES string of the molecule is CC(C)[N+]1=CC(C(=O)Nc2ccc(Oc3cc(-c4cn(C)cn4)cn4nccc34)c(F)c2)C(=O)N(c2ccc(F)cc2)C1=O. The Morgan fingerprint density at radius 2 is 1.80 bits per heavy atom. The van der Waals surface area contributed by atoms with Crippen LogP contribution < -0.4 is 15.0 Å². The Morgan fingerprint density at radius 3 is 2.48 bits per heavy atom. The van der Waals surface area contributed by atoms with E-state index in [-0.39, 0.29) is 23.2 Å². The molecule has 13 heteroatoms. The number of pyridine rings is 1. The van der Waals surface area contributed by atoms with Crippen LogP contribution in [0.3, 0.4) is 0 Å². The highest BCUT2D eigenvalue weighted by Gasteiger charge is 2.48. The number of carbonyl (C=O) groups is 3. The van der Waals surface area contributed by atoms with E-state index in [2.05, 4.69) is 15.4 Å². The minimum absolute atomic E-state index is 0.0686. The number of carbonyl (C=O) groups excluding carboxylic acids is 3. The Hall–Kier alpha value is -5.72. The predicted molar refractivity (Wildman–Crippen MR) is 157 cm³/mol. The van der Waals surface area contributed by atoms with E-state index in [4.69, 9.17) is 4.74 Å². The van der Waals surface area contributed by atoms with Gasteiger partial charge in [-0.3, -0.25) is 4.79 Å². The summed E-state index contributed by atoms with van der Waals surface area (Å²) < 4.78 is 39.4. The molecule has 0 saturated carbocycles. The van der Waals surface area contributed by atoms with Crippen molar-refractivity contribution in [3.8, 4) is 22.8 Å². The fourth-order valence-electron chi connectivity index (χ4n) is 4.82. The number of benzene rings is 2. The second-order valence-electron chi connectivity index (χ2n) is 10.5. The average molecular weight is 599 g/mol. The molecular weight excluding hydrogens is 572 g/mol. The third-order valence-corrected chi connectivity index (χ3v) is 7.02. The number of imidazole rings is 1. The van der Waals surface area contributed by atoms with Crippen LogP contribution in [-0.4, -0.2) is 53.8 Å². The number of imide groups is 1.